The fourth-order valence-electron chi connectivity index (χ4n) is 2.19. The number of amides is 2. The molecule has 1 saturated heterocycles. The van der Waals surface area contributed by atoms with E-state index in [1.807, 2.05) is 6.07 Å². The van der Waals surface area contributed by atoms with E-state index in [2.05, 4.69) is 5.32 Å². The number of benzene rings is 1. The molecule has 1 unspecified atom stereocenters. The summed E-state index contributed by atoms with van der Waals surface area (Å²) in [5.41, 5.74) is 0.696. The zero-order valence-electron chi connectivity index (χ0n) is 11.8. The van der Waals surface area contributed by atoms with E-state index in [9.17, 15) is 18.0 Å². The maximum atomic E-state index is 12.5. The molecule has 1 atom stereocenters. The summed E-state index contributed by atoms with van der Waals surface area (Å²) in [7, 11) is -3.15. The first-order chi connectivity index (χ1) is 9.87. The van der Waals surface area contributed by atoms with Crippen LogP contribution >= 0.6 is 0 Å². The van der Waals surface area contributed by atoms with Gasteiger partial charge in [0.2, 0.25) is 11.8 Å². The molecule has 1 aliphatic heterocycles. The van der Waals surface area contributed by atoms with Gasteiger partial charge in [0.25, 0.3) is 0 Å². The molecule has 7 heteroatoms. The van der Waals surface area contributed by atoms with E-state index in [0.29, 0.717) is 5.56 Å². The Labute approximate surface area is 124 Å². The quantitative estimate of drug-likeness (QED) is 0.856. The average molecular weight is 310 g/mol. The van der Waals surface area contributed by atoms with Gasteiger partial charge < -0.3 is 10.2 Å². The van der Waals surface area contributed by atoms with Crippen LogP contribution < -0.4 is 5.32 Å². The standard InChI is InChI=1S/C14H18N2O4S/c1-21(19,20)10-9-16-8-7-12(17)15-13(14(16)18)11-5-3-2-4-6-11/h2-6,13H,7-10H2,1H3,(H,15,17). The van der Waals surface area contributed by atoms with Crippen LogP contribution in [0.5, 0.6) is 0 Å². The summed E-state index contributed by atoms with van der Waals surface area (Å²) in [6.07, 6.45) is 1.31. The lowest BCUT2D eigenvalue weighted by Gasteiger charge is -2.23. The third-order valence-corrected chi connectivity index (χ3v) is 4.26. The number of nitrogens with one attached hydrogen (secondary N) is 1. The van der Waals surface area contributed by atoms with Crippen molar-refractivity contribution in [3.63, 3.8) is 0 Å². The van der Waals surface area contributed by atoms with Gasteiger partial charge in [0, 0.05) is 25.8 Å². The third-order valence-electron chi connectivity index (χ3n) is 3.34. The van der Waals surface area contributed by atoms with Crippen molar-refractivity contribution in [3.05, 3.63) is 35.9 Å². The van der Waals surface area contributed by atoms with Crippen molar-refractivity contribution in [2.75, 3.05) is 25.1 Å². The minimum absolute atomic E-state index is 0.103. The smallest absolute Gasteiger partial charge is 0.249 e. The number of carbonyl (C=O) groups is 2. The van der Waals surface area contributed by atoms with Crippen molar-refractivity contribution in [1.82, 2.24) is 10.2 Å². The highest BCUT2D eigenvalue weighted by Crippen LogP contribution is 2.18. The van der Waals surface area contributed by atoms with Crippen LogP contribution in [0.1, 0.15) is 18.0 Å². The molecule has 0 radical (unpaired) electrons. The normalized spacial score (nSPS) is 20.0. The van der Waals surface area contributed by atoms with Crippen molar-refractivity contribution < 1.29 is 18.0 Å². The lowest BCUT2D eigenvalue weighted by Crippen LogP contribution is -2.40. The van der Waals surface area contributed by atoms with Crippen molar-refractivity contribution in [2.24, 2.45) is 0 Å². The predicted molar refractivity (Wildman–Crippen MR) is 78.2 cm³/mol. The molecule has 1 aromatic carbocycles. The molecule has 0 aliphatic carbocycles. The second kappa shape index (κ2) is 6.26. The Hall–Kier alpha value is -1.89. The molecule has 0 bridgehead atoms. The molecular formula is C14H18N2O4S. The summed E-state index contributed by atoms with van der Waals surface area (Å²) in [5, 5.41) is 2.69. The Morgan fingerprint density at radius 2 is 1.90 bits per heavy atom. The number of hydrogen-bond acceptors (Lipinski definition) is 4. The molecule has 1 N–H and O–H groups in total. The molecule has 0 aromatic heterocycles. The van der Waals surface area contributed by atoms with Crippen LogP contribution in [-0.2, 0) is 19.4 Å². The van der Waals surface area contributed by atoms with Crippen LogP contribution in [0.3, 0.4) is 0 Å². The Morgan fingerprint density at radius 3 is 2.52 bits per heavy atom. The highest BCUT2D eigenvalue weighted by molar-refractivity contribution is 7.90. The first-order valence-corrected chi connectivity index (χ1v) is 8.74. The van der Waals surface area contributed by atoms with E-state index in [-0.39, 0.29) is 37.1 Å². The van der Waals surface area contributed by atoms with E-state index in [1.54, 1.807) is 24.3 Å². The third kappa shape index (κ3) is 4.29. The first-order valence-electron chi connectivity index (χ1n) is 6.67. The van der Waals surface area contributed by atoms with Crippen LogP contribution in [-0.4, -0.2) is 50.2 Å². The van der Waals surface area contributed by atoms with Crippen LogP contribution in [0, 0.1) is 0 Å². The van der Waals surface area contributed by atoms with E-state index in [1.165, 1.54) is 4.90 Å². The summed E-state index contributed by atoms with van der Waals surface area (Å²) in [4.78, 5) is 25.7. The lowest BCUT2D eigenvalue weighted by atomic mass is 10.1. The summed E-state index contributed by atoms with van der Waals surface area (Å²) in [5.74, 6) is -0.580. The van der Waals surface area contributed by atoms with E-state index >= 15 is 0 Å². The Morgan fingerprint density at radius 1 is 1.24 bits per heavy atom. The SMILES string of the molecule is CS(=O)(=O)CCN1CCC(=O)NC(c2ccccc2)C1=O. The van der Waals surface area contributed by atoms with Crippen LogP contribution in [0.4, 0.5) is 0 Å². The molecule has 21 heavy (non-hydrogen) atoms. The van der Waals surface area contributed by atoms with Gasteiger partial charge >= 0.3 is 0 Å². The molecule has 2 rings (SSSR count). The highest BCUT2D eigenvalue weighted by atomic mass is 32.2. The number of rotatable bonds is 4. The van der Waals surface area contributed by atoms with Gasteiger partial charge in [0.1, 0.15) is 15.9 Å². The monoisotopic (exact) mass is 310 g/mol. The van der Waals surface area contributed by atoms with E-state index in [4.69, 9.17) is 0 Å². The highest BCUT2D eigenvalue weighted by Gasteiger charge is 2.31. The molecular weight excluding hydrogens is 292 g/mol. The van der Waals surface area contributed by atoms with E-state index in [0.717, 1.165) is 6.26 Å². The minimum atomic E-state index is -3.15. The molecule has 1 aromatic rings. The van der Waals surface area contributed by atoms with Gasteiger partial charge in [0.15, 0.2) is 0 Å². The van der Waals surface area contributed by atoms with Crippen LogP contribution in [0.25, 0.3) is 0 Å². The van der Waals surface area contributed by atoms with Crippen LogP contribution in [0.15, 0.2) is 30.3 Å². The number of hydrogen-bond donors (Lipinski definition) is 1. The number of carbonyl (C=O) groups excluding carboxylic acids is 2. The summed E-state index contributed by atoms with van der Waals surface area (Å²) in [6.45, 7) is 0.347. The zero-order valence-corrected chi connectivity index (χ0v) is 12.6. The lowest BCUT2D eigenvalue weighted by molar-refractivity contribution is -0.133. The van der Waals surface area contributed by atoms with Gasteiger partial charge in [-0.05, 0) is 5.56 Å². The maximum absolute atomic E-state index is 12.5. The predicted octanol–water partition coefficient (Wildman–Crippen LogP) is 0.121. The van der Waals surface area contributed by atoms with Crippen molar-refractivity contribution in [3.8, 4) is 0 Å². The maximum Gasteiger partial charge on any atom is 0.249 e. The van der Waals surface area contributed by atoms with Gasteiger partial charge in [-0.3, -0.25) is 9.59 Å². The Kier molecular flexibility index (Phi) is 4.62. The van der Waals surface area contributed by atoms with Gasteiger partial charge in [-0.1, -0.05) is 30.3 Å². The molecule has 0 spiro atoms. The second-order valence-electron chi connectivity index (χ2n) is 5.12. The van der Waals surface area contributed by atoms with Gasteiger partial charge in [-0.2, -0.15) is 0 Å². The van der Waals surface area contributed by atoms with Crippen LogP contribution in [0.2, 0.25) is 0 Å². The van der Waals surface area contributed by atoms with Gasteiger partial charge in [-0.15, -0.1) is 0 Å². The Balaban J connectivity index is 2.20. The molecule has 1 fully saturated rings. The summed E-state index contributed by atoms with van der Waals surface area (Å²) < 4.78 is 22.5. The molecule has 2 amide bonds. The minimum Gasteiger partial charge on any atom is -0.340 e. The largest absolute Gasteiger partial charge is 0.340 e. The molecule has 1 heterocycles. The van der Waals surface area contributed by atoms with Crippen molar-refractivity contribution in [1.29, 1.82) is 0 Å². The summed E-state index contributed by atoms with van der Waals surface area (Å²) >= 11 is 0. The van der Waals surface area contributed by atoms with Gasteiger partial charge in [0.05, 0.1) is 5.75 Å². The fraction of sp³-hybridized carbons (Fsp3) is 0.429. The van der Waals surface area contributed by atoms with Gasteiger partial charge in [-0.25, -0.2) is 8.42 Å². The molecule has 6 nitrogen and oxygen atoms in total. The van der Waals surface area contributed by atoms with Crippen molar-refractivity contribution >= 4 is 21.7 Å². The zero-order chi connectivity index (χ0) is 15.5. The average Bonchev–Trinajstić information content (AvgIpc) is 2.57. The van der Waals surface area contributed by atoms with Crippen molar-refractivity contribution in [2.45, 2.75) is 12.5 Å². The Bertz CT molecular complexity index is 628. The topological polar surface area (TPSA) is 83.6 Å². The summed E-state index contributed by atoms with van der Waals surface area (Å²) in [6, 6.07) is 8.20. The molecule has 114 valence electrons. The second-order valence-corrected chi connectivity index (χ2v) is 7.38. The molecule has 1 aliphatic rings. The van der Waals surface area contributed by atoms with E-state index < -0.39 is 15.9 Å². The number of nitrogens with zero attached hydrogens (tertiary/aromatic N) is 1. The molecule has 0 saturated carbocycles. The first kappa shape index (κ1) is 15.5. The fourth-order valence-corrected chi connectivity index (χ4v) is 2.75. The number of sulfone groups is 1.